The number of piperidine rings is 1. The fourth-order valence-corrected chi connectivity index (χ4v) is 3.32. The molecule has 30 heavy (non-hydrogen) atoms. The molecule has 0 radical (unpaired) electrons. The van der Waals surface area contributed by atoms with Gasteiger partial charge < -0.3 is 16.0 Å². The lowest BCUT2D eigenvalue weighted by Gasteiger charge is -2.30. The molecule has 3 atom stereocenters. The summed E-state index contributed by atoms with van der Waals surface area (Å²) in [5.74, 6) is 0.0633. The van der Waals surface area contributed by atoms with Crippen molar-refractivity contribution in [1.29, 1.82) is 0 Å². The number of rotatable bonds is 6. The van der Waals surface area contributed by atoms with Crippen LogP contribution >= 0.6 is 24.8 Å². The number of anilines is 1. The highest BCUT2D eigenvalue weighted by atomic mass is 35.5. The fraction of sp³-hybridized carbons (Fsp3) is 0.400. The highest BCUT2D eigenvalue weighted by Gasteiger charge is 2.25. The molecule has 3 rings (SSSR count). The summed E-state index contributed by atoms with van der Waals surface area (Å²) in [6.07, 6.45) is 2.66. The summed E-state index contributed by atoms with van der Waals surface area (Å²) in [7, 11) is 0. The molecule has 1 aliphatic heterocycles. The molecule has 0 spiro atoms. The lowest BCUT2D eigenvalue weighted by molar-refractivity contribution is -0.384. The molecule has 1 aromatic heterocycles. The van der Waals surface area contributed by atoms with Gasteiger partial charge in [0.1, 0.15) is 5.69 Å². The van der Waals surface area contributed by atoms with Crippen LogP contribution in [-0.4, -0.2) is 34.9 Å². The van der Waals surface area contributed by atoms with Crippen LogP contribution in [0.15, 0.2) is 42.6 Å². The third-order valence-corrected chi connectivity index (χ3v) is 5.10. The molecule has 1 saturated heterocycles. The van der Waals surface area contributed by atoms with Gasteiger partial charge in [-0.2, -0.15) is 0 Å². The summed E-state index contributed by atoms with van der Waals surface area (Å²) in [5.41, 5.74) is 1.27. The number of hydrogen-bond donors (Lipinski definition) is 3. The Morgan fingerprint density at radius 1 is 1.30 bits per heavy atom. The fourth-order valence-electron chi connectivity index (χ4n) is 3.32. The van der Waals surface area contributed by atoms with Crippen LogP contribution in [0.5, 0.6) is 0 Å². The van der Waals surface area contributed by atoms with E-state index in [2.05, 4.69) is 27.9 Å². The van der Waals surface area contributed by atoms with Gasteiger partial charge in [0.05, 0.1) is 16.7 Å². The molecule has 1 amide bonds. The van der Waals surface area contributed by atoms with Crippen LogP contribution < -0.4 is 16.0 Å². The summed E-state index contributed by atoms with van der Waals surface area (Å²) in [4.78, 5) is 27.9. The number of amides is 1. The van der Waals surface area contributed by atoms with Gasteiger partial charge in [0.15, 0.2) is 0 Å². The molecule has 0 saturated carbocycles. The van der Waals surface area contributed by atoms with E-state index in [4.69, 9.17) is 0 Å². The molecular weight excluding hydrogens is 429 g/mol. The molecule has 10 heteroatoms. The Labute approximate surface area is 188 Å². The number of pyridine rings is 1. The van der Waals surface area contributed by atoms with Crippen molar-refractivity contribution in [2.24, 2.45) is 5.92 Å². The monoisotopic (exact) mass is 455 g/mol. The first-order valence-corrected chi connectivity index (χ1v) is 9.43. The van der Waals surface area contributed by atoms with Crippen LogP contribution in [0, 0.1) is 16.0 Å². The van der Waals surface area contributed by atoms with Crippen LogP contribution in [0.4, 0.5) is 11.4 Å². The maximum atomic E-state index is 12.6. The molecule has 3 unspecified atom stereocenters. The van der Waals surface area contributed by atoms with Gasteiger partial charge in [-0.3, -0.25) is 19.9 Å². The molecule has 2 aromatic rings. The van der Waals surface area contributed by atoms with E-state index in [1.807, 2.05) is 25.1 Å². The quantitative estimate of drug-likeness (QED) is 0.452. The van der Waals surface area contributed by atoms with E-state index in [1.54, 1.807) is 18.3 Å². The van der Waals surface area contributed by atoms with Crippen LogP contribution in [-0.2, 0) is 0 Å². The highest BCUT2D eigenvalue weighted by molar-refractivity contribution is 5.96. The molecule has 164 valence electrons. The van der Waals surface area contributed by atoms with E-state index >= 15 is 0 Å². The first-order valence-electron chi connectivity index (χ1n) is 9.43. The summed E-state index contributed by atoms with van der Waals surface area (Å²) in [5, 5.41) is 20.9. The Morgan fingerprint density at radius 2 is 2.07 bits per heavy atom. The van der Waals surface area contributed by atoms with Crippen molar-refractivity contribution in [1.82, 2.24) is 15.6 Å². The maximum absolute atomic E-state index is 12.6. The average molecular weight is 456 g/mol. The Bertz CT molecular complexity index is 854. The van der Waals surface area contributed by atoms with E-state index < -0.39 is 4.92 Å². The lowest BCUT2D eigenvalue weighted by Crippen LogP contribution is -2.50. The second-order valence-corrected chi connectivity index (χ2v) is 7.16. The first-order chi connectivity index (χ1) is 13.5. The van der Waals surface area contributed by atoms with Crippen molar-refractivity contribution in [3.05, 3.63) is 64.0 Å². The first kappa shape index (κ1) is 25.6. The molecule has 1 aliphatic rings. The second kappa shape index (κ2) is 11.7. The third-order valence-electron chi connectivity index (χ3n) is 5.10. The number of halogens is 2. The minimum atomic E-state index is -0.477. The van der Waals surface area contributed by atoms with Crippen LogP contribution in [0.3, 0.4) is 0 Å². The molecule has 1 aromatic carbocycles. The van der Waals surface area contributed by atoms with Crippen molar-refractivity contribution in [2.45, 2.75) is 32.4 Å². The Kier molecular flexibility index (Phi) is 9.98. The average Bonchev–Trinajstić information content (AvgIpc) is 2.70. The SMILES string of the molecule is CC(Nc1ccc(C(=O)NC2CNCCC2C)cc1[N+](=O)[O-])c1ccccn1.Cl.Cl. The number of carbonyl (C=O) groups excluding carboxylic acids is 1. The van der Waals surface area contributed by atoms with Gasteiger partial charge in [0, 0.05) is 30.4 Å². The van der Waals surface area contributed by atoms with Gasteiger partial charge in [0.25, 0.3) is 11.6 Å². The standard InChI is InChI=1S/C20H25N5O3.2ClH/c1-13-8-10-21-12-18(13)24-20(26)15-6-7-17(19(11-15)25(27)28)23-14(2)16-5-3-4-9-22-16;;/h3-7,9,11,13-14,18,21,23H,8,10,12H2,1-2H3,(H,24,26);2*1H. The van der Waals surface area contributed by atoms with Crippen molar-refractivity contribution < 1.29 is 9.72 Å². The number of benzene rings is 1. The van der Waals surface area contributed by atoms with Gasteiger partial charge in [0.2, 0.25) is 0 Å². The zero-order valence-corrected chi connectivity index (χ0v) is 18.5. The Morgan fingerprint density at radius 3 is 2.70 bits per heavy atom. The molecule has 0 bridgehead atoms. The maximum Gasteiger partial charge on any atom is 0.293 e. The Hall–Kier alpha value is -2.42. The van der Waals surface area contributed by atoms with Gasteiger partial charge in [-0.15, -0.1) is 24.8 Å². The molecule has 3 N–H and O–H groups in total. The molecule has 1 fully saturated rings. The third kappa shape index (κ3) is 6.29. The smallest absolute Gasteiger partial charge is 0.293 e. The predicted octanol–water partition coefficient (Wildman–Crippen LogP) is 3.73. The van der Waals surface area contributed by atoms with E-state index in [1.165, 1.54) is 6.07 Å². The zero-order valence-electron chi connectivity index (χ0n) is 16.8. The van der Waals surface area contributed by atoms with E-state index in [9.17, 15) is 14.9 Å². The van der Waals surface area contributed by atoms with Crippen molar-refractivity contribution in [3.63, 3.8) is 0 Å². The summed E-state index contributed by atoms with van der Waals surface area (Å²) in [6.45, 7) is 5.62. The lowest BCUT2D eigenvalue weighted by atomic mass is 9.94. The van der Waals surface area contributed by atoms with E-state index in [0.717, 1.165) is 18.7 Å². The highest BCUT2D eigenvalue weighted by Crippen LogP contribution is 2.29. The van der Waals surface area contributed by atoms with Gasteiger partial charge in [-0.1, -0.05) is 13.0 Å². The van der Waals surface area contributed by atoms with Gasteiger partial charge >= 0.3 is 0 Å². The zero-order chi connectivity index (χ0) is 20.1. The van der Waals surface area contributed by atoms with Crippen molar-refractivity contribution in [2.75, 3.05) is 18.4 Å². The number of carbonyl (C=O) groups is 1. The van der Waals surface area contributed by atoms with E-state index in [0.29, 0.717) is 18.2 Å². The molecule has 8 nitrogen and oxygen atoms in total. The van der Waals surface area contributed by atoms with Crippen molar-refractivity contribution in [3.8, 4) is 0 Å². The normalized spacial score (nSPS) is 18.9. The molecule has 0 aliphatic carbocycles. The number of nitrogens with zero attached hydrogens (tertiary/aromatic N) is 2. The van der Waals surface area contributed by atoms with Crippen molar-refractivity contribution >= 4 is 42.1 Å². The van der Waals surface area contributed by atoms with Gasteiger partial charge in [-0.05, 0) is 50.1 Å². The van der Waals surface area contributed by atoms with E-state index in [-0.39, 0.29) is 54.1 Å². The number of nitro benzene ring substituents is 1. The number of aromatic nitrogens is 1. The summed E-state index contributed by atoms with van der Waals surface area (Å²) >= 11 is 0. The van der Waals surface area contributed by atoms with Crippen LogP contribution in [0.2, 0.25) is 0 Å². The van der Waals surface area contributed by atoms with Crippen LogP contribution in [0.25, 0.3) is 0 Å². The minimum absolute atomic E-state index is 0. The largest absolute Gasteiger partial charge is 0.371 e. The number of hydrogen-bond acceptors (Lipinski definition) is 6. The topological polar surface area (TPSA) is 109 Å². The van der Waals surface area contributed by atoms with Gasteiger partial charge in [-0.25, -0.2) is 0 Å². The predicted molar refractivity (Wildman–Crippen MR) is 122 cm³/mol. The summed E-state index contributed by atoms with van der Waals surface area (Å²) in [6, 6.07) is 9.84. The molecule has 2 heterocycles. The Balaban J connectivity index is 0.00000225. The van der Waals surface area contributed by atoms with Crippen LogP contribution in [0.1, 0.15) is 42.4 Å². The minimum Gasteiger partial charge on any atom is -0.371 e. The number of nitrogens with one attached hydrogen (secondary N) is 3. The second-order valence-electron chi connectivity index (χ2n) is 7.16. The summed E-state index contributed by atoms with van der Waals surface area (Å²) < 4.78 is 0. The number of nitro groups is 1. The molecular formula is C20H27Cl2N5O3.